The molecule has 0 atom stereocenters. The molecule has 0 aliphatic heterocycles. The summed E-state index contributed by atoms with van der Waals surface area (Å²) in [7, 11) is 1.58. The van der Waals surface area contributed by atoms with E-state index in [9.17, 15) is 4.79 Å². The third-order valence-electron chi connectivity index (χ3n) is 3.50. The van der Waals surface area contributed by atoms with Gasteiger partial charge in [-0.1, -0.05) is 23.2 Å². The zero-order valence-corrected chi connectivity index (χ0v) is 16.0. The number of aliphatic imine (C=N–C) groups is 1. The second-order valence-electron chi connectivity index (χ2n) is 5.24. The van der Waals surface area contributed by atoms with Crippen molar-refractivity contribution in [3.8, 4) is 5.75 Å². The first-order valence-electron chi connectivity index (χ1n) is 7.59. The molecule has 0 saturated carbocycles. The molecule has 4 nitrogen and oxygen atoms in total. The summed E-state index contributed by atoms with van der Waals surface area (Å²) in [5.41, 5.74) is 1.89. The highest BCUT2D eigenvalue weighted by molar-refractivity contribution is 7.14. The van der Waals surface area contributed by atoms with Crippen molar-refractivity contribution in [3.63, 3.8) is 0 Å². The van der Waals surface area contributed by atoms with Crippen LogP contribution in [0.25, 0.3) is 0 Å². The van der Waals surface area contributed by atoms with Crippen LogP contribution in [0.4, 0.5) is 10.7 Å². The number of halogens is 2. The van der Waals surface area contributed by atoms with E-state index in [0.717, 1.165) is 5.56 Å². The summed E-state index contributed by atoms with van der Waals surface area (Å²) < 4.78 is 5.30. The molecule has 0 spiro atoms. The molecule has 7 heteroatoms. The Bertz CT molecular complexity index is 952. The molecule has 0 aliphatic rings. The molecule has 1 aromatic heterocycles. The zero-order chi connectivity index (χ0) is 18.5. The number of carbonyl (C=O) groups is 1. The van der Waals surface area contributed by atoms with E-state index < -0.39 is 0 Å². The molecule has 3 aromatic rings. The second-order valence-corrected chi connectivity index (χ2v) is 7.01. The van der Waals surface area contributed by atoms with Crippen molar-refractivity contribution in [2.24, 2.45) is 4.99 Å². The van der Waals surface area contributed by atoms with E-state index in [2.05, 4.69) is 10.3 Å². The molecular weight excluding hydrogens is 391 g/mol. The summed E-state index contributed by atoms with van der Waals surface area (Å²) in [5, 5.41) is 6.44. The number of benzene rings is 2. The Morgan fingerprint density at radius 1 is 1.12 bits per heavy atom. The van der Waals surface area contributed by atoms with Crippen LogP contribution in [0, 0.1) is 0 Å². The third kappa shape index (κ3) is 4.43. The first-order valence-corrected chi connectivity index (χ1v) is 9.22. The maximum Gasteiger partial charge on any atom is 0.258 e. The van der Waals surface area contributed by atoms with Crippen molar-refractivity contribution in [3.05, 3.63) is 75.1 Å². The van der Waals surface area contributed by atoms with Gasteiger partial charge in [0.15, 0.2) is 0 Å². The van der Waals surface area contributed by atoms with Crippen LogP contribution in [0.5, 0.6) is 5.75 Å². The normalized spacial score (nSPS) is 10.9. The average Bonchev–Trinajstić information content (AvgIpc) is 3.11. The fourth-order valence-corrected chi connectivity index (χ4v) is 3.28. The lowest BCUT2D eigenvalue weighted by atomic mass is 10.2. The highest BCUT2D eigenvalue weighted by Crippen LogP contribution is 2.29. The molecule has 2 aromatic carbocycles. The number of hydrogen-bond donors (Lipinski definition) is 1. The Hall–Kier alpha value is -2.34. The van der Waals surface area contributed by atoms with Crippen molar-refractivity contribution in [2.75, 3.05) is 12.4 Å². The van der Waals surface area contributed by atoms with E-state index in [1.54, 1.807) is 61.9 Å². The van der Waals surface area contributed by atoms with Crippen molar-refractivity contribution in [2.45, 2.75) is 0 Å². The van der Waals surface area contributed by atoms with E-state index in [1.807, 2.05) is 5.38 Å². The standard InChI is InChI=1S/C19H14Cl2N2O2S/c1-25-17-7-4-14(21)10-12(17)11-22-19-16(8-9-26-19)18(24)23-15-5-2-13(20)3-6-15/h2-11H,1H3,(H,23,24)/b22-11+. The quantitative estimate of drug-likeness (QED) is 0.524. The molecular formula is C19H14Cl2N2O2S. The summed E-state index contributed by atoms with van der Waals surface area (Å²) in [6.07, 6.45) is 1.63. The average molecular weight is 405 g/mol. The van der Waals surface area contributed by atoms with Crippen molar-refractivity contribution < 1.29 is 9.53 Å². The van der Waals surface area contributed by atoms with Gasteiger partial charge < -0.3 is 10.1 Å². The van der Waals surface area contributed by atoms with E-state index in [1.165, 1.54) is 11.3 Å². The molecule has 3 rings (SSSR count). The summed E-state index contributed by atoms with van der Waals surface area (Å²) in [6, 6.07) is 13.9. The number of anilines is 1. The molecule has 1 amide bonds. The van der Waals surface area contributed by atoms with Gasteiger partial charge in [-0.05, 0) is 53.9 Å². The Morgan fingerprint density at radius 2 is 1.85 bits per heavy atom. The molecule has 0 radical (unpaired) electrons. The second kappa shape index (κ2) is 8.36. The summed E-state index contributed by atoms with van der Waals surface area (Å²) in [5.74, 6) is 0.417. The Kier molecular flexibility index (Phi) is 5.93. The van der Waals surface area contributed by atoms with Crippen molar-refractivity contribution in [1.82, 2.24) is 0 Å². The van der Waals surface area contributed by atoms with Crippen LogP contribution in [0.1, 0.15) is 15.9 Å². The Morgan fingerprint density at radius 3 is 2.58 bits per heavy atom. The van der Waals surface area contributed by atoms with Crippen LogP contribution >= 0.6 is 34.5 Å². The van der Waals surface area contributed by atoms with E-state index in [-0.39, 0.29) is 5.91 Å². The minimum absolute atomic E-state index is 0.237. The van der Waals surface area contributed by atoms with Crippen LogP contribution in [-0.4, -0.2) is 19.2 Å². The highest BCUT2D eigenvalue weighted by Gasteiger charge is 2.13. The minimum atomic E-state index is -0.237. The predicted molar refractivity (Wildman–Crippen MR) is 109 cm³/mol. The largest absolute Gasteiger partial charge is 0.496 e. The summed E-state index contributed by atoms with van der Waals surface area (Å²) in [4.78, 5) is 16.9. The van der Waals surface area contributed by atoms with Gasteiger partial charge in [0.2, 0.25) is 0 Å². The smallest absolute Gasteiger partial charge is 0.258 e. The number of methoxy groups -OCH3 is 1. The van der Waals surface area contributed by atoms with Gasteiger partial charge in [-0.25, -0.2) is 4.99 Å². The van der Waals surface area contributed by atoms with Gasteiger partial charge in [0, 0.05) is 27.5 Å². The summed E-state index contributed by atoms with van der Waals surface area (Å²) in [6.45, 7) is 0. The molecule has 0 bridgehead atoms. The molecule has 1 heterocycles. The van der Waals surface area contributed by atoms with Gasteiger partial charge >= 0.3 is 0 Å². The van der Waals surface area contributed by atoms with E-state index >= 15 is 0 Å². The van der Waals surface area contributed by atoms with Crippen LogP contribution in [0.15, 0.2) is 58.9 Å². The van der Waals surface area contributed by atoms with Crippen molar-refractivity contribution >= 4 is 57.3 Å². The first kappa shape index (κ1) is 18.5. The van der Waals surface area contributed by atoms with Gasteiger partial charge in [0.25, 0.3) is 5.91 Å². The maximum absolute atomic E-state index is 12.5. The lowest BCUT2D eigenvalue weighted by molar-refractivity contribution is 0.102. The molecule has 0 fully saturated rings. The van der Waals surface area contributed by atoms with Crippen LogP contribution < -0.4 is 10.1 Å². The van der Waals surface area contributed by atoms with Gasteiger partial charge in [-0.15, -0.1) is 11.3 Å². The third-order valence-corrected chi connectivity index (χ3v) is 4.81. The number of ether oxygens (including phenoxy) is 1. The van der Waals surface area contributed by atoms with Crippen LogP contribution in [-0.2, 0) is 0 Å². The Labute approximate surface area is 165 Å². The minimum Gasteiger partial charge on any atom is -0.496 e. The number of thiophene rings is 1. The van der Waals surface area contributed by atoms with Gasteiger partial charge in [0.05, 0.1) is 12.7 Å². The lowest BCUT2D eigenvalue weighted by Crippen LogP contribution is -2.10. The number of carbonyl (C=O) groups excluding carboxylic acids is 1. The number of amides is 1. The molecule has 1 N–H and O–H groups in total. The molecule has 0 aliphatic carbocycles. The first-order chi connectivity index (χ1) is 12.6. The molecule has 0 unspecified atom stereocenters. The number of hydrogen-bond acceptors (Lipinski definition) is 4. The SMILES string of the molecule is COc1ccc(Cl)cc1/C=N/c1sccc1C(=O)Nc1ccc(Cl)cc1. The highest BCUT2D eigenvalue weighted by atomic mass is 35.5. The van der Waals surface area contributed by atoms with Gasteiger partial charge in [-0.3, -0.25) is 4.79 Å². The summed E-state index contributed by atoms with van der Waals surface area (Å²) >= 11 is 13.3. The number of nitrogens with one attached hydrogen (secondary N) is 1. The van der Waals surface area contributed by atoms with Gasteiger partial charge in [-0.2, -0.15) is 0 Å². The number of rotatable bonds is 5. The fourth-order valence-electron chi connectivity index (χ4n) is 2.24. The molecule has 26 heavy (non-hydrogen) atoms. The monoisotopic (exact) mass is 404 g/mol. The van der Waals surface area contributed by atoms with Gasteiger partial charge in [0.1, 0.15) is 10.8 Å². The molecule has 0 saturated heterocycles. The van der Waals surface area contributed by atoms with E-state index in [4.69, 9.17) is 27.9 Å². The topological polar surface area (TPSA) is 50.7 Å². The molecule has 132 valence electrons. The number of nitrogens with zero attached hydrogens (tertiary/aromatic N) is 1. The maximum atomic E-state index is 12.5. The Balaban J connectivity index is 1.81. The van der Waals surface area contributed by atoms with E-state index in [0.29, 0.717) is 32.0 Å². The fraction of sp³-hybridized carbons (Fsp3) is 0.0526. The zero-order valence-electron chi connectivity index (χ0n) is 13.7. The predicted octanol–water partition coefficient (Wildman–Crippen LogP) is 6.07. The lowest BCUT2D eigenvalue weighted by Gasteiger charge is -2.06. The van der Waals surface area contributed by atoms with Crippen LogP contribution in [0.2, 0.25) is 10.0 Å². The van der Waals surface area contributed by atoms with Crippen molar-refractivity contribution in [1.29, 1.82) is 0 Å². The van der Waals surface area contributed by atoms with Crippen LogP contribution in [0.3, 0.4) is 0 Å².